The molecule has 2 rings (SSSR count). The zero-order valence-electron chi connectivity index (χ0n) is 10.5. The summed E-state index contributed by atoms with van der Waals surface area (Å²) in [5.41, 5.74) is 8.38. The molecule has 2 aromatic carbocycles. The van der Waals surface area contributed by atoms with Crippen molar-refractivity contribution < 1.29 is 9.13 Å². The van der Waals surface area contributed by atoms with E-state index in [1.165, 1.54) is 6.07 Å². The molecule has 0 fully saturated rings. The van der Waals surface area contributed by atoms with Gasteiger partial charge < -0.3 is 10.5 Å². The minimum absolute atomic E-state index is 0.250. The maximum atomic E-state index is 13.4. The highest BCUT2D eigenvalue weighted by atomic mass is 32.1. The Morgan fingerprint density at radius 3 is 2.63 bits per heavy atom. The van der Waals surface area contributed by atoms with Crippen LogP contribution in [0.1, 0.15) is 16.7 Å². The second-order valence-electron chi connectivity index (χ2n) is 4.22. The maximum absolute atomic E-state index is 13.4. The summed E-state index contributed by atoms with van der Waals surface area (Å²) in [5, 5.41) is 0. The standard InChI is InChI=1S/C15H14FNOS/c1-10-8-11(15(17)19)6-7-12(10)9-18-14-5-3-2-4-13(14)16/h2-8H,9H2,1H3,(H2,17,19). The molecule has 2 N–H and O–H groups in total. The molecule has 0 spiro atoms. The molecule has 98 valence electrons. The molecule has 0 radical (unpaired) electrons. The third-order valence-electron chi connectivity index (χ3n) is 2.85. The van der Waals surface area contributed by atoms with E-state index < -0.39 is 0 Å². The van der Waals surface area contributed by atoms with Gasteiger partial charge in [0.05, 0.1) is 0 Å². The predicted molar refractivity (Wildman–Crippen MR) is 77.8 cm³/mol. The molecular weight excluding hydrogens is 261 g/mol. The van der Waals surface area contributed by atoms with E-state index in [1.54, 1.807) is 18.2 Å². The van der Waals surface area contributed by atoms with E-state index >= 15 is 0 Å². The van der Waals surface area contributed by atoms with Crippen LogP contribution in [-0.2, 0) is 6.61 Å². The molecule has 0 aliphatic rings. The van der Waals surface area contributed by atoms with Crippen molar-refractivity contribution in [1.82, 2.24) is 0 Å². The number of hydrogen-bond acceptors (Lipinski definition) is 2. The first-order valence-corrected chi connectivity index (χ1v) is 6.25. The smallest absolute Gasteiger partial charge is 0.165 e. The van der Waals surface area contributed by atoms with Crippen molar-refractivity contribution in [3.8, 4) is 5.75 Å². The highest BCUT2D eigenvalue weighted by Gasteiger charge is 2.05. The first kappa shape index (κ1) is 13.5. The Hall–Kier alpha value is -1.94. The first-order chi connectivity index (χ1) is 9.08. The van der Waals surface area contributed by atoms with Crippen LogP contribution in [-0.4, -0.2) is 4.99 Å². The van der Waals surface area contributed by atoms with Gasteiger partial charge in [-0.05, 0) is 36.2 Å². The fraction of sp³-hybridized carbons (Fsp3) is 0.133. The molecular formula is C15H14FNOS. The number of thiocarbonyl (C=S) groups is 1. The summed E-state index contributed by atoms with van der Waals surface area (Å²) in [6.45, 7) is 2.26. The van der Waals surface area contributed by atoms with Crippen LogP contribution in [0, 0.1) is 12.7 Å². The molecule has 0 atom stereocenters. The lowest BCUT2D eigenvalue weighted by Crippen LogP contribution is -2.10. The van der Waals surface area contributed by atoms with Gasteiger partial charge in [0.15, 0.2) is 11.6 Å². The summed E-state index contributed by atoms with van der Waals surface area (Å²) >= 11 is 4.92. The Kier molecular flexibility index (Phi) is 4.12. The minimum atomic E-state index is -0.361. The van der Waals surface area contributed by atoms with E-state index in [4.69, 9.17) is 22.7 Å². The van der Waals surface area contributed by atoms with Crippen LogP contribution < -0.4 is 10.5 Å². The predicted octanol–water partition coefficient (Wildman–Crippen LogP) is 3.35. The fourth-order valence-corrected chi connectivity index (χ4v) is 1.86. The fourth-order valence-electron chi connectivity index (χ4n) is 1.73. The molecule has 0 aliphatic carbocycles. The zero-order chi connectivity index (χ0) is 13.8. The summed E-state index contributed by atoms with van der Waals surface area (Å²) in [6.07, 6.45) is 0. The van der Waals surface area contributed by atoms with Crippen molar-refractivity contribution in [2.45, 2.75) is 13.5 Å². The molecule has 0 heterocycles. The SMILES string of the molecule is Cc1cc(C(N)=S)ccc1COc1ccccc1F. The van der Waals surface area contributed by atoms with E-state index in [2.05, 4.69) is 0 Å². The molecule has 0 saturated heterocycles. The summed E-state index contributed by atoms with van der Waals surface area (Å²) in [4.78, 5) is 0.365. The normalized spacial score (nSPS) is 10.2. The quantitative estimate of drug-likeness (QED) is 0.869. The average molecular weight is 275 g/mol. The van der Waals surface area contributed by atoms with E-state index in [-0.39, 0.29) is 11.6 Å². The van der Waals surface area contributed by atoms with Crippen molar-refractivity contribution in [2.24, 2.45) is 5.73 Å². The van der Waals surface area contributed by atoms with Crippen molar-refractivity contribution in [1.29, 1.82) is 0 Å². The highest BCUT2D eigenvalue weighted by Crippen LogP contribution is 2.19. The number of nitrogens with two attached hydrogens (primary N) is 1. The van der Waals surface area contributed by atoms with E-state index in [1.807, 2.05) is 25.1 Å². The van der Waals surface area contributed by atoms with Gasteiger partial charge in [-0.1, -0.05) is 36.5 Å². The van der Waals surface area contributed by atoms with Crippen LogP contribution in [0.15, 0.2) is 42.5 Å². The second-order valence-corrected chi connectivity index (χ2v) is 4.66. The average Bonchev–Trinajstić information content (AvgIpc) is 2.39. The molecule has 19 heavy (non-hydrogen) atoms. The van der Waals surface area contributed by atoms with Crippen LogP contribution in [0.25, 0.3) is 0 Å². The highest BCUT2D eigenvalue weighted by molar-refractivity contribution is 7.80. The van der Waals surface area contributed by atoms with E-state index in [9.17, 15) is 4.39 Å². The van der Waals surface area contributed by atoms with Gasteiger partial charge in [-0.2, -0.15) is 0 Å². The van der Waals surface area contributed by atoms with Gasteiger partial charge in [0.2, 0.25) is 0 Å². The summed E-state index contributed by atoms with van der Waals surface area (Å²) in [7, 11) is 0. The Labute approximate surface area is 117 Å². The van der Waals surface area contributed by atoms with Crippen LogP contribution in [0.5, 0.6) is 5.75 Å². The molecule has 0 aromatic heterocycles. The molecule has 0 saturated carbocycles. The van der Waals surface area contributed by atoms with E-state index in [0.717, 1.165) is 16.7 Å². The summed E-state index contributed by atoms with van der Waals surface area (Å²) < 4.78 is 18.9. The Morgan fingerprint density at radius 2 is 2.00 bits per heavy atom. The summed E-state index contributed by atoms with van der Waals surface area (Å²) in [5.74, 6) is -0.111. The molecule has 2 nitrogen and oxygen atoms in total. The maximum Gasteiger partial charge on any atom is 0.165 e. The Balaban J connectivity index is 2.12. The third kappa shape index (κ3) is 3.29. The second kappa shape index (κ2) is 5.80. The monoisotopic (exact) mass is 275 g/mol. The third-order valence-corrected chi connectivity index (χ3v) is 3.08. The molecule has 0 unspecified atom stereocenters. The summed E-state index contributed by atoms with van der Waals surface area (Å²) in [6, 6.07) is 12.0. The number of ether oxygens (including phenoxy) is 1. The number of hydrogen-bond donors (Lipinski definition) is 1. The topological polar surface area (TPSA) is 35.2 Å². The molecule has 4 heteroatoms. The number of aryl methyl sites for hydroxylation is 1. The number of benzene rings is 2. The first-order valence-electron chi connectivity index (χ1n) is 5.84. The van der Waals surface area contributed by atoms with Crippen LogP contribution in [0.3, 0.4) is 0 Å². The van der Waals surface area contributed by atoms with E-state index in [0.29, 0.717) is 11.6 Å². The lowest BCUT2D eigenvalue weighted by atomic mass is 10.1. The lowest BCUT2D eigenvalue weighted by Gasteiger charge is -2.10. The van der Waals surface area contributed by atoms with Crippen LogP contribution >= 0.6 is 12.2 Å². The largest absolute Gasteiger partial charge is 0.486 e. The number of halogens is 1. The molecule has 0 aliphatic heterocycles. The van der Waals surface area contributed by atoms with Gasteiger partial charge in [-0.25, -0.2) is 4.39 Å². The van der Waals surface area contributed by atoms with Gasteiger partial charge in [0.25, 0.3) is 0 Å². The molecule has 2 aromatic rings. The van der Waals surface area contributed by atoms with Crippen molar-refractivity contribution in [3.63, 3.8) is 0 Å². The van der Waals surface area contributed by atoms with Gasteiger partial charge in [0.1, 0.15) is 11.6 Å². The van der Waals surface area contributed by atoms with Crippen LogP contribution in [0.4, 0.5) is 4.39 Å². The number of rotatable bonds is 4. The van der Waals surface area contributed by atoms with Gasteiger partial charge in [0, 0.05) is 5.56 Å². The van der Waals surface area contributed by atoms with Gasteiger partial charge in [-0.3, -0.25) is 0 Å². The van der Waals surface area contributed by atoms with Gasteiger partial charge >= 0.3 is 0 Å². The molecule has 0 amide bonds. The Morgan fingerprint density at radius 1 is 1.26 bits per heavy atom. The Bertz CT molecular complexity index is 613. The molecule has 0 bridgehead atoms. The van der Waals surface area contributed by atoms with Crippen LogP contribution in [0.2, 0.25) is 0 Å². The zero-order valence-corrected chi connectivity index (χ0v) is 11.3. The van der Waals surface area contributed by atoms with Gasteiger partial charge in [-0.15, -0.1) is 0 Å². The van der Waals surface area contributed by atoms with Crippen molar-refractivity contribution in [2.75, 3.05) is 0 Å². The van der Waals surface area contributed by atoms with Crippen molar-refractivity contribution >= 4 is 17.2 Å². The van der Waals surface area contributed by atoms with Crippen molar-refractivity contribution in [3.05, 3.63) is 65.0 Å². The minimum Gasteiger partial charge on any atom is -0.486 e. The number of para-hydroxylation sites is 1. The lowest BCUT2D eigenvalue weighted by molar-refractivity contribution is 0.289.